The number of ketones is 1. The first-order valence-corrected chi connectivity index (χ1v) is 19.0. The molecule has 3 rings (SSSR count). The molecule has 13 heteroatoms. The molecule has 16 atom stereocenters. The molecule has 300 valence electrons. The van der Waals surface area contributed by atoms with E-state index in [1.807, 2.05) is 66.6 Å². The Morgan fingerprint density at radius 1 is 0.865 bits per heavy atom. The van der Waals surface area contributed by atoms with E-state index in [9.17, 15) is 24.9 Å². The van der Waals surface area contributed by atoms with Crippen molar-refractivity contribution >= 4 is 11.8 Å². The van der Waals surface area contributed by atoms with Crippen molar-refractivity contribution in [1.82, 2.24) is 4.90 Å². The maximum absolute atomic E-state index is 13.5. The van der Waals surface area contributed by atoms with Gasteiger partial charge in [-0.05, 0) is 66.1 Å². The Bertz CT molecular complexity index is 1180. The van der Waals surface area contributed by atoms with Gasteiger partial charge in [0, 0.05) is 38.0 Å². The van der Waals surface area contributed by atoms with Crippen molar-refractivity contribution in [3.8, 4) is 0 Å². The second-order valence-corrected chi connectivity index (χ2v) is 15.3. The van der Waals surface area contributed by atoms with Gasteiger partial charge in [0.1, 0.15) is 30.5 Å². The van der Waals surface area contributed by atoms with Crippen LogP contribution in [0.5, 0.6) is 0 Å². The molecule has 0 amide bonds. The normalized spacial score (nSPS) is 43.5. The number of carbonyl (C=O) groups is 2. The van der Waals surface area contributed by atoms with Crippen LogP contribution in [0, 0.1) is 23.7 Å². The Hall–Kier alpha value is -1.78. The topological polar surface area (TPSA) is 163 Å². The largest absolute Gasteiger partial charge is 0.462 e. The maximum atomic E-state index is 13.5. The number of ether oxygens (including phenoxy) is 7. The van der Waals surface area contributed by atoms with E-state index >= 15 is 0 Å². The molecule has 0 saturated carbocycles. The van der Waals surface area contributed by atoms with Crippen molar-refractivity contribution in [3.63, 3.8) is 0 Å². The quantitative estimate of drug-likeness (QED) is 0.280. The van der Waals surface area contributed by atoms with Crippen LogP contribution in [0.3, 0.4) is 0 Å². The summed E-state index contributed by atoms with van der Waals surface area (Å²) in [6.45, 7) is 13.2. The number of allylic oxidation sites excluding steroid dienone is 3. The van der Waals surface area contributed by atoms with Crippen LogP contribution in [-0.4, -0.2) is 140 Å². The highest BCUT2D eigenvalue weighted by molar-refractivity contribution is 5.91. The molecule has 0 aromatic rings. The van der Waals surface area contributed by atoms with Gasteiger partial charge in [0.15, 0.2) is 18.4 Å². The van der Waals surface area contributed by atoms with Crippen LogP contribution < -0.4 is 0 Å². The molecule has 3 aliphatic rings. The minimum Gasteiger partial charge on any atom is -0.462 e. The van der Waals surface area contributed by atoms with Crippen molar-refractivity contribution in [1.29, 1.82) is 0 Å². The number of methoxy groups -OCH3 is 2. The molecule has 3 heterocycles. The van der Waals surface area contributed by atoms with Gasteiger partial charge in [-0.2, -0.15) is 0 Å². The summed E-state index contributed by atoms with van der Waals surface area (Å²) in [6.07, 6.45) is -1.13. The molecule has 0 bridgehead atoms. The van der Waals surface area contributed by atoms with Gasteiger partial charge < -0.3 is 53.4 Å². The minimum atomic E-state index is -1.14. The van der Waals surface area contributed by atoms with E-state index in [1.54, 1.807) is 19.1 Å². The van der Waals surface area contributed by atoms with Crippen molar-refractivity contribution in [2.24, 2.45) is 23.7 Å². The monoisotopic (exact) mass is 741 g/mol. The smallest absolute Gasteiger partial charge is 0.308 e. The van der Waals surface area contributed by atoms with Gasteiger partial charge in [-0.15, -0.1) is 0 Å². The summed E-state index contributed by atoms with van der Waals surface area (Å²) >= 11 is 0. The zero-order chi connectivity index (χ0) is 38.9. The van der Waals surface area contributed by atoms with Crippen LogP contribution in [0.4, 0.5) is 0 Å². The molecule has 0 radical (unpaired) electrons. The lowest BCUT2D eigenvalue weighted by Gasteiger charge is -2.44. The molecular weight excluding hydrogens is 674 g/mol. The molecule has 3 N–H and O–H groups in total. The van der Waals surface area contributed by atoms with Gasteiger partial charge in [-0.25, -0.2) is 0 Å². The molecule has 3 aliphatic heterocycles. The average molecular weight is 742 g/mol. The first-order chi connectivity index (χ1) is 24.6. The number of likely N-dealkylation sites (N-methyl/N-ethyl adjacent to an activating group) is 1. The first-order valence-electron chi connectivity index (χ1n) is 19.0. The molecule has 0 aromatic carbocycles. The van der Waals surface area contributed by atoms with Gasteiger partial charge >= 0.3 is 5.97 Å². The molecule has 13 nitrogen and oxygen atoms in total. The first kappa shape index (κ1) is 44.6. The van der Waals surface area contributed by atoms with Crippen LogP contribution in [0.2, 0.25) is 0 Å². The molecule has 0 aliphatic carbocycles. The number of rotatable bonds is 10. The Morgan fingerprint density at radius 2 is 1.54 bits per heavy atom. The van der Waals surface area contributed by atoms with Gasteiger partial charge in [0.05, 0.1) is 37.4 Å². The zero-order valence-corrected chi connectivity index (χ0v) is 33.2. The summed E-state index contributed by atoms with van der Waals surface area (Å²) in [5.74, 6) is -2.21. The lowest BCUT2D eigenvalue weighted by atomic mass is 9.80. The summed E-state index contributed by atoms with van der Waals surface area (Å²) in [4.78, 5) is 29.0. The van der Waals surface area contributed by atoms with Gasteiger partial charge in [0.25, 0.3) is 0 Å². The fourth-order valence-corrected chi connectivity index (χ4v) is 7.72. The molecule has 52 heavy (non-hydrogen) atoms. The number of carbonyl (C=O) groups excluding carboxylic acids is 2. The van der Waals surface area contributed by atoms with E-state index in [2.05, 4.69) is 0 Å². The molecule has 0 spiro atoms. The van der Waals surface area contributed by atoms with Crippen LogP contribution in [-0.2, 0) is 42.7 Å². The van der Waals surface area contributed by atoms with E-state index in [0.717, 1.165) is 5.57 Å². The van der Waals surface area contributed by atoms with E-state index in [0.29, 0.717) is 25.7 Å². The van der Waals surface area contributed by atoms with Crippen molar-refractivity contribution < 1.29 is 58.1 Å². The summed E-state index contributed by atoms with van der Waals surface area (Å²) in [5, 5.41) is 33.5. The van der Waals surface area contributed by atoms with E-state index in [4.69, 9.17) is 33.2 Å². The fraction of sp³-hybridized carbons (Fsp3) is 0.846. The number of hydrogen-bond acceptors (Lipinski definition) is 13. The summed E-state index contributed by atoms with van der Waals surface area (Å²) in [7, 11) is 6.79. The van der Waals surface area contributed by atoms with Crippen molar-refractivity contribution in [2.75, 3.05) is 34.9 Å². The molecule has 0 aromatic heterocycles. The third kappa shape index (κ3) is 11.6. The summed E-state index contributed by atoms with van der Waals surface area (Å²) < 4.78 is 42.1. The molecule has 2 fully saturated rings. The Labute approximate surface area is 310 Å². The Balaban J connectivity index is 1.93. The summed E-state index contributed by atoms with van der Waals surface area (Å²) in [5.41, 5.74) is 0.775. The highest BCUT2D eigenvalue weighted by Gasteiger charge is 2.46. The van der Waals surface area contributed by atoms with Gasteiger partial charge in [0.2, 0.25) is 0 Å². The van der Waals surface area contributed by atoms with Gasteiger partial charge in [-0.3, -0.25) is 9.59 Å². The number of hydrogen-bond donors (Lipinski definition) is 3. The average Bonchev–Trinajstić information content (AvgIpc) is 3.10. The number of cyclic esters (lactones) is 1. The molecular formula is C39H67NO12. The predicted molar refractivity (Wildman–Crippen MR) is 194 cm³/mol. The standard InChI is InChI=1S/C39H67NO12/c1-12-26-17-22(4)29(41)15-14-21(3)16-27(20-48-39-37(47-11)36(46-10)33(44)25(7)50-39)31(13-2)51-32(43)19-30(42)24(6)35(26)52-38-34(45)28(40(8)9)18-23(5)49-38/h14-16,22-28,30-31,33-39,42,44-45H,12-13,17-20H2,1-11H3/b15-14+,21-16+/t22-,23?,24+,25?,26+,27-,28?,30-,31+,33?,34?,35-,36?,37?,38?,39?/m1/s1. The molecule has 9 unspecified atom stereocenters. The minimum absolute atomic E-state index is 0.0524. The van der Waals surface area contributed by atoms with Crippen LogP contribution in [0.25, 0.3) is 0 Å². The summed E-state index contributed by atoms with van der Waals surface area (Å²) in [6, 6.07) is -0.193. The Morgan fingerprint density at radius 3 is 2.13 bits per heavy atom. The second-order valence-electron chi connectivity index (χ2n) is 15.3. The van der Waals surface area contributed by atoms with Crippen LogP contribution in [0.15, 0.2) is 23.8 Å². The van der Waals surface area contributed by atoms with Crippen molar-refractivity contribution in [2.45, 2.75) is 154 Å². The third-order valence-corrected chi connectivity index (χ3v) is 11.1. The second kappa shape index (κ2) is 20.8. The maximum Gasteiger partial charge on any atom is 0.308 e. The predicted octanol–water partition coefficient (Wildman–Crippen LogP) is 3.41. The van der Waals surface area contributed by atoms with Crippen LogP contribution in [0.1, 0.15) is 80.6 Å². The zero-order valence-electron chi connectivity index (χ0n) is 33.2. The number of aliphatic hydroxyl groups is 3. The number of esters is 1. The third-order valence-electron chi connectivity index (χ3n) is 11.1. The number of nitrogens with zero attached hydrogens (tertiary/aromatic N) is 1. The Kier molecular flexibility index (Phi) is 17.8. The van der Waals surface area contributed by atoms with Gasteiger partial charge in [-0.1, -0.05) is 51.8 Å². The highest BCUT2D eigenvalue weighted by atomic mass is 16.7. The number of aliphatic hydroxyl groups excluding tert-OH is 3. The van der Waals surface area contributed by atoms with E-state index in [-0.39, 0.29) is 42.8 Å². The lowest BCUT2D eigenvalue weighted by Crippen LogP contribution is -2.59. The molecule has 2 saturated heterocycles. The van der Waals surface area contributed by atoms with E-state index in [1.165, 1.54) is 14.2 Å². The SMILES string of the molecule is CC[C@H]1C[C@@H](C)C(=O)/C=C/C(C)=C/[C@H](COC2OC(C)C(O)C(OC)C2OC)[C@H](CC)OC(=O)C[C@@H](O)[C@H](C)[C@H]1OC1OC(C)CC(N(C)C)C1O. The van der Waals surface area contributed by atoms with E-state index < -0.39 is 79.2 Å². The van der Waals surface area contributed by atoms with Crippen LogP contribution >= 0.6 is 0 Å². The highest BCUT2D eigenvalue weighted by Crippen LogP contribution is 2.35. The lowest BCUT2D eigenvalue weighted by molar-refractivity contribution is -0.304. The fourth-order valence-electron chi connectivity index (χ4n) is 7.72. The van der Waals surface area contributed by atoms with Crippen molar-refractivity contribution in [3.05, 3.63) is 23.8 Å².